The molecule has 1 aromatic heterocycles. The molecule has 1 aliphatic heterocycles. The Morgan fingerprint density at radius 2 is 1.81 bits per heavy atom. The number of nitrogens with zero attached hydrogens (tertiary/aromatic N) is 2. The molecule has 0 saturated carbocycles. The molecule has 27 heavy (non-hydrogen) atoms. The fourth-order valence-corrected chi connectivity index (χ4v) is 3.07. The van der Waals surface area contributed by atoms with Gasteiger partial charge in [0, 0.05) is 24.2 Å². The summed E-state index contributed by atoms with van der Waals surface area (Å²) >= 11 is 0. The first-order chi connectivity index (χ1) is 13.1. The molecule has 8 nitrogen and oxygen atoms in total. The number of carbonyl (C=O) groups is 3. The Bertz CT molecular complexity index is 1010. The standard InChI is InChI=1S/C19H17N5O3/c25-17-14-4-1-2-5-15(14)18(26)24(17)9-3-8-20-19(27)22-13-7-6-12-11-21-23-16(12)10-13/h1-2,4-7,10-11H,3,8-9H2,(H,21,23)(H2,20,22,27). The average Bonchev–Trinajstić information content (AvgIpc) is 3.23. The second kappa shape index (κ2) is 6.91. The SMILES string of the molecule is O=C(NCCCN1C(=O)c2ccccc2C1=O)Nc1ccc2cn[nH]c2c1. The van der Waals surface area contributed by atoms with E-state index in [9.17, 15) is 14.4 Å². The average molecular weight is 363 g/mol. The highest BCUT2D eigenvalue weighted by atomic mass is 16.2. The van der Waals surface area contributed by atoms with Crippen molar-refractivity contribution in [2.24, 2.45) is 0 Å². The second-order valence-electron chi connectivity index (χ2n) is 6.21. The molecule has 2 heterocycles. The minimum absolute atomic E-state index is 0.257. The number of imide groups is 1. The maximum atomic E-state index is 12.3. The molecule has 0 spiro atoms. The molecule has 0 aliphatic carbocycles. The quantitative estimate of drug-likeness (QED) is 0.478. The first kappa shape index (κ1) is 16.8. The van der Waals surface area contributed by atoms with E-state index in [0.29, 0.717) is 29.8 Å². The van der Waals surface area contributed by atoms with E-state index < -0.39 is 0 Å². The van der Waals surface area contributed by atoms with Crippen molar-refractivity contribution in [2.45, 2.75) is 6.42 Å². The molecule has 0 fully saturated rings. The van der Waals surface area contributed by atoms with E-state index in [0.717, 1.165) is 10.9 Å². The summed E-state index contributed by atoms with van der Waals surface area (Å²) < 4.78 is 0. The van der Waals surface area contributed by atoms with Crippen molar-refractivity contribution in [3.05, 3.63) is 59.8 Å². The number of hydrogen-bond acceptors (Lipinski definition) is 4. The number of urea groups is 1. The van der Waals surface area contributed by atoms with Crippen LogP contribution in [0, 0.1) is 0 Å². The van der Waals surface area contributed by atoms with Crippen LogP contribution in [0.3, 0.4) is 0 Å². The van der Waals surface area contributed by atoms with Crippen molar-refractivity contribution in [1.82, 2.24) is 20.4 Å². The van der Waals surface area contributed by atoms with Gasteiger partial charge in [-0.3, -0.25) is 19.6 Å². The molecule has 1 aliphatic rings. The van der Waals surface area contributed by atoms with Gasteiger partial charge in [-0.05, 0) is 36.8 Å². The molecule has 136 valence electrons. The summed E-state index contributed by atoms with van der Waals surface area (Å²) in [6.07, 6.45) is 2.18. The number of benzene rings is 2. The minimum Gasteiger partial charge on any atom is -0.338 e. The number of aromatic amines is 1. The van der Waals surface area contributed by atoms with Gasteiger partial charge in [0.1, 0.15) is 0 Å². The van der Waals surface area contributed by atoms with Crippen LogP contribution in [0.5, 0.6) is 0 Å². The number of rotatable bonds is 5. The van der Waals surface area contributed by atoms with Crippen LogP contribution >= 0.6 is 0 Å². The zero-order valence-electron chi connectivity index (χ0n) is 14.4. The predicted molar refractivity (Wildman–Crippen MR) is 99.5 cm³/mol. The topological polar surface area (TPSA) is 107 Å². The zero-order valence-corrected chi connectivity index (χ0v) is 14.4. The summed E-state index contributed by atoms with van der Waals surface area (Å²) in [7, 11) is 0. The highest BCUT2D eigenvalue weighted by Crippen LogP contribution is 2.22. The van der Waals surface area contributed by atoms with Crippen LogP contribution < -0.4 is 10.6 Å². The molecule has 3 aromatic rings. The molecule has 0 unspecified atom stereocenters. The molecule has 0 bridgehead atoms. The van der Waals surface area contributed by atoms with E-state index in [1.165, 1.54) is 4.90 Å². The summed E-state index contributed by atoms with van der Waals surface area (Å²) in [6, 6.07) is 11.9. The number of aromatic nitrogens is 2. The lowest BCUT2D eigenvalue weighted by atomic mass is 10.1. The van der Waals surface area contributed by atoms with Gasteiger partial charge in [0.15, 0.2) is 0 Å². The first-order valence-electron chi connectivity index (χ1n) is 8.57. The van der Waals surface area contributed by atoms with Gasteiger partial charge in [-0.15, -0.1) is 0 Å². The van der Waals surface area contributed by atoms with Gasteiger partial charge in [0.25, 0.3) is 11.8 Å². The second-order valence-corrected chi connectivity index (χ2v) is 6.21. The Hall–Kier alpha value is -3.68. The summed E-state index contributed by atoms with van der Waals surface area (Å²) in [5, 5.41) is 13.2. The number of carbonyl (C=O) groups excluding carboxylic acids is 3. The molecule has 0 saturated heterocycles. The molecule has 2 aromatic carbocycles. The number of amides is 4. The van der Waals surface area contributed by atoms with Crippen LogP contribution in [0.1, 0.15) is 27.1 Å². The molecular formula is C19H17N5O3. The largest absolute Gasteiger partial charge is 0.338 e. The lowest BCUT2D eigenvalue weighted by Crippen LogP contribution is -2.35. The van der Waals surface area contributed by atoms with Gasteiger partial charge in [-0.2, -0.15) is 5.10 Å². The Labute approximate surface area is 154 Å². The van der Waals surface area contributed by atoms with Crippen LogP contribution in [0.25, 0.3) is 10.9 Å². The van der Waals surface area contributed by atoms with Crippen LogP contribution in [0.4, 0.5) is 10.5 Å². The summed E-state index contributed by atoms with van der Waals surface area (Å²) in [6.45, 7) is 0.596. The molecule has 3 N–H and O–H groups in total. The van der Waals surface area contributed by atoms with Crippen molar-refractivity contribution in [1.29, 1.82) is 0 Å². The number of nitrogens with one attached hydrogen (secondary N) is 3. The Kier molecular flexibility index (Phi) is 4.29. The van der Waals surface area contributed by atoms with Crippen LogP contribution in [-0.2, 0) is 0 Å². The minimum atomic E-state index is -0.351. The third kappa shape index (κ3) is 3.24. The van der Waals surface area contributed by atoms with E-state index in [1.54, 1.807) is 42.6 Å². The lowest BCUT2D eigenvalue weighted by Gasteiger charge is -2.14. The summed E-state index contributed by atoms with van der Waals surface area (Å²) in [4.78, 5) is 37.7. The van der Waals surface area contributed by atoms with Crippen molar-refractivity contribution < 1.29 is 14.4 Å². The van der Waals surface area contributed by atoms with Crippen LogP contribution in [0.15, 0.2) is 48.7 Å². The maximum Gasteiger partial charge on any atom is 0.319 e. The first-order valence-corrected chi connectivity index (χ1v) is 8.57. The molecule has 4 rings (SSSR count). The molecular weight excluding hydrogens is 346 g/mol. The third-order valence-corrected chi connectivity index (χ3v) is 4.42. The van der Waals surface area contributed by atoms with Crippen molar-refractivity contribution in [2.75, 3.05) is 18.4 Å². The van der Waals surface area contributed by atoms with Crippen molar-refractivity contribution in [3.63, 3.8) is 0 Å². The van der Waals surface area contributed by atoms with E-state index in [1.807, 2.05) is 6.07 Å². The van der Waals surface area contributed by atoms with Gasteiger partial charge < -0.3 is 10.6 Å². The Morgan fingerprint density at radius 1 is 1.07 bits per heavy atom. The predicted octanol–water partition coefficient (Wildman–Crippen LogP) is 2.37. The third-order valence-electron chi connectivity index (χ3n) is 4.42. The van der Waals surface area contributed by atoms with Gasteiger partial charge in [0.05, 0.1) is 22.8 Å². The zero-order chi connectivity index (χ0) is 18.8. The monoisotopic (exact) mass is 363 g/mol. The number of anilines is 1. The van der Waals surface area contributed by atoms with Gasteiger partial charge in [-0.25, -0.2) is 4.79 Å². The number of H-pyrrole nitrogens is 1. The Balaban J connectivity index is 1.26. The van der Waals surface area contributed by atoms with E-state index in [4.69, 9.17) is 0 Å². The highest BCUT2D eigenvalue weighted by molar-refractivity contribution is 6.21. The fourth-order valence-electron chi connectivity index (χ4n) is 3.07. The number of hydrogen-bond donors (Lipinski definition) is 3. The van der Waals surface area contributed by atoms with Gasteiger partial charge in [-0.1, -0.05) is 12.1 Å². The van der Waals surface area contributed by atoms with Crippen molar-refractivity contribution in [3.8, 4) is 0 Å². The normalized spacial score (nSPS) is 13.1. The van der Waals surface area contributed by atoms with Crippen molar-refractivity contribution >= 4 is 34.4 Å². The molecule has 0 radical (unpaired) electrons. The summed E-state index contributed by atoms with van der Waals surface area (Å²) in [5.74, 6) is -0.569. The smallest absolute Gasteiger partial charge is 0.319 e. The molecule has 4 amide bonds. The summed E-state index contributed by atoms with van der Waals surface area (Å²) in [5.41, 5.74) is 2.34. The van der Waals surface area contributed by atoms with Crippen LogP contribution in [0.2, 0.25) is 0 Å². The molecule has 8 heteroatoms. The molecule has 0 atom stereocenters. The number of fused-ring (bicyclic) bond motifs is 2. The fraction of sp³-hybridized carbons (Fsp3) is 0.158. The van der Waals surface area contributed by atoms with E-state index in [-0.39, 0.29) is 24.4 Å². The lowest BCUT2D eigenvalue weighted by molar-refractivity contribution is 0.0653. The van der Waals surface area contributed by atoms with Crippen LogP contribution in [-0.4, -0.2) is 46.0 Å². The van der Waals surface area contributed by atoms with E-state index in [2.05, 4.69) is 20.8 Å². The van der Waals surface area contributed by atoms with Gasteiger partial charge >= 0.3 is 6.03 Å². The maximum absolute atomic E-state index is 12.3. The highest BCUT2D eigenvalue weighted by Gasteiger charge is 2.34. The van der Waals surface area contributed by atoms with E-state index >= 15 is 0 Å². The van der Waals surface area contributed by atoms with Gasteiger partial charge in [0.2, 0.25) is 0 Å². The Morgan fingerprint density at radius 3 is 2.56 bits per heavy atom.